The third-order valence-electron chi connectivity index (χ3n) is 6.44. The first-order chi connectivity index (χ1) is 18.1. The van der Waals surface area contributed by atoms with E-state index >= 15 is 0 Å². The lowest BCUT2D eigenvalue weighted by Gasteiger charge is -2.33. The summed E-state index contributed by atoms with van der Waals surface area (Å²) < 4.78 is 61.4. The molecule has 1 amide bonds. The normalized spacial score (nSPS) is 18.1. The molecule has 0 bridgehead atoms. The van der Waals surface area contributed by atoms with Crippen molar-refractivity contribution in [3.05, 3.63) is 53.7 Å². The van der Waals surface area contributed by atoms with E-state index < -0.39 is 30.8 Å². The molecule has 0 aliphatic carbocycles. The third kappa shape index (κ3) is 6.31. The van der Waals surface area contributed by atoms with Gasteiger partial charge in [0.2, 0.25) is 5.91 Å². The van der Waals surface area contributed by atoms with Crippen LogP contribution in [0, 0.1) is 11.8 Å². The number of alkyl halides is 4. The van der Waals surface area contributed by atoms with E-state index in [4.69, 9.17) is 10.5 Å². The van der Waals surface area contributed by atoms with Crippen LogP contribution < -0.4 is 21.1 Å². The average Bonchev–Trinajstić information content (AvgIpc) is 3.20. The number of anilines is 2. The van der Waals surface area contributed by atoms with Gasteiger partial charge in [-0.05, 0) is 55.8 Å². The molecular formula is C27H29F4N5O2. The SMILES string of the molecule is COc1cc(C(N)=O)ccc1NCC#Cc1cc2c(N[C@H]3CCN(C)C[C@H]3F)cccc2n1CC(F)(F)F. The maximum absolute atomic E-state index is 14.6. The number of nitrogens with two attached hydrogens (primary N) is 1. The number of rotatable bonds is 7. The summed E-state index contributed by atoms with van der Waals surface area (Å²) in [5.41, 5.74) is 7.23. The number of piperidine rings is 1. The van der Waals surface area contributed by atoms with Crippen molar-refractivity contribution >= 4 is 28.2 Å². The monoisotopic (exact) mass is 531 g/mol. The van der Waals surface area contributed by atoms with E-state index in [0.29, 0.717) is 41.0 Å². The molecule has 3 aromatic rings. The zero-order chi connectivity index (χ0) is 27.4. The highest BCUT2D eigenvalue weighted by atomic mass is 19.4. The molecule has 2 heterocycles. The van der Waals surface area contributed by atoms with E-state index in [2.05, 4.69) is 22.5 Å². The van der Waals surface area contributed by atoms with Gasteiger partial charge in [-0.15, -0.1) is 0 Å². The van der Waals surface area contributed by atoms with E-state index in [9.17, 15) is 22.4 Å². The number of carbonyl (C=O) groups is 1. The van der Waals surface area contributed by atoms with Gasteiger partial charge < -0.3 is 30.6 Å². The molecule has 1 aliphatic heterocycles. The second-order valence-corrected chi connectivity index (χ2v) is 9.22. The topological polar surface area (TPSA) is 84.5 Å². The largest absolute Gasteiger partial charge is 0.495 e. The Balaban J connectivity index is 1.60. The number of aromatic nitrogens is 1. The van der Waals surface area contributed by atoms with Crippen molar-refractivity contribution in [3.8, 4) is 17.6 Å². The molecule has 7 nitrogen and oxygen atoms in total. The van der Waals surface area contributed by atoms with Crippen molar-refractivity contribution in [1.82, 2.24) is 9.47 Å². The lowest BCUT2D eigenvalue weighted by atomic mass is 10.0. The number of carbonyl (C=O) groups excluding carboxylic acids is 1. The van der Waals surface area contributed by atoms with Crippen molar-refractivity contribution in [2.45, 2.75) is 31.4 Å². The summed E-state index contributed by atoms with van der Waals surface area (Å²) >= 11 is 0. The smallest absolute Gasteiger partial charge is 0.406 e. The molecule has 2 aromatic carbocycles. The molecule has 0 unspecified atom stereocenters. The van der Waals surface area contributed by atoms with E-state index in [-0.39, 0.29) is 17.8 Å². The molecule has 0 spiro atoms. The zero-order valence-corrected chi connectivity index (χ0v) is 21.0. The number of halogens is 4. The van der Waals surface area contributed by atoms with Gasteiger partial charge in [-0.2, -0.15) is 13.2 Å². The number of likely N-dealkylation sites (tertiary alicyclic amines) is 1. The summed E-state index contributed by atoms with van der Waals surface area (Å²) in [5.74, 6) is 5.47. The van der Waals surface area contributed by atoms with Crippen LogP contribution in [-0.4, -0.2) is 67.6 Å². The van der Waals surface area contributed by atoms with Gasteiger partial charge in [0.1, 0.15) is 18.5 Å². The molecular weight excluding hydrogens is 502 g/mol. The number of nitrogens with zero attached hydrogens (tertiary/aromatic N) is 2. The van der Waals surface area contributed by atoms with Crippen LogP contribution in [0.2, 0.25) is 0 Å². The lowest BCUT2D eigenvalue weighted by molar-refractivity contribution is -0.140. The minimum Gasteiger partial charge on any atom is -0.495 e. The summed E-state index contributed by atoms with van der Waals surface area (Å²) in [6.07, 6.45) is -4.97. The van der Waals surface area contributed by atoms with Crippen molar-refractivity contribution in [1.29, 1.82) is 0 Å². The van der Waals surface area contributed by atoms with Crippen molar-refractivity contribution < 1.29 is 27.1 Å². The standard InChI is InChI=1S/C27H29F4N5O2/c1-35-12-10-22(20(28)15-35)34-21-6-3-7-24-19(21)14-18(36(24)16-27(29,30)31)5-4-11-33-23-9-8-17(26(32)37)13-25(23)38-2/h3,6-9,13-14,20,22,33-34H,10-12,15-16H2,1-2H3,(H2,32,37)/t20-,22+/m1/s1. The number of primary amides is 1. The van der Waals surface area contributed by atoms with Gasteiger partial charge in [0.25, 0.3) is 0 Å². The quantitative estimate of drug-likeness (QED) is 0.314. The number of methoxy groups -OCH3 is 1. The number of ether oxygens (including phenoxy) is 1. The van der Waals surface area contributed by atoms with Crippen molar-refractivity contribution in [2.24, 2.45) is 5.73 Å². The molecule has 0 saturated carbocycles. The Labute approximate surface area is 217 Å². The molecule has 38 heavy (non-hydrogen) atoms. The molecule has 1 saturated heterocycles. The highest BCUT2D eigenvalue weighted by molar-refractivity contribution is 5.94. The number of amides is 1. The minimum absolute atomic E-state index is 0.101. The first-order valence-corrected chi connectivity index (χ1v) is 12.0. The number of nitrogens with one attached hydrogen (secondary N) is 2. The van der Waals surface area contributed by atoms with Crippen LogP contribution in [0.15, 0.2) is 42.5 Å². The fraction of sp³-hybridized carbons (Fsp3) is 0.370. The first-order valence-electron chi connectivity index (χ1n) is 12.0. The van der Waals surface area contributed by atoms with Gasteiger partial charge in [-0.25, -0.2) is 4.39 Å². The molecule has 4 rings (SSSR count). The molecule has 4 N–H and O–H groups in total. The van der Waals surface area contributed by atoms with Crippen LogP contribution in [0.4, 0.5) is 28.9 Å². The number of hydrogen-bond acceptors (Lipinski definition) is 5. The van der Waals surface area contributed by atoms with E-state index in [1.54, 1.807) is 30.3 Å². The zero-order valence-electron chi connectivity index (χ0n) is 21.0. The fourth-order valence-corrected chi connectivity index (χ4v) is 4.55. The molecule has 11 heteroatoms. The molecule has 2 atom stereocenters. The number of hydrogen-bond donors (Lipinski definition) is 3. The summed E-state index contributed by atoms with van der Waals surface area (Å²) in [6.45, 7) is -0.0881. The van der Waals surface area contributed by atoms with E-state index in [1.807, 2.05) is 11.9 Å². The van der Waals surface area contributed by atoms with Crippen LogP contribution in [-0.2, 0) is 6.54 Å². The predicted octanol–water partition coefficient (Wildman–Crippen LogP) is 4.23. The van der Waals surface area contributed by atoms with E-state index in [0.717, 1.165) is 11.1 Å². The second kappa shape index (κ2) is 11.2. The average molecular weight is 532 g/mol. The Bertz CT molecular complexity index is 1380. The Morgan fingerprint density at radius 1 is 1.21 bits per heavy atom. The maximum atomic E-state index is 14.6. The highest BCUT2D eigenvalue weighted by Crippen LogP contribution is 2.31. The molecule has 202 valence electrons. The fourth-order valence-electron chi connectivity index (χ4n) is 4.55. The Hall–Kier alpha value is -3.91. The van der Waals surface area contributed by atoms with Crippen molar-refractivity contribution in [2.75, 3.05) is 44.4 Å². The summed E-state index contributed by atoms with van der Waals surface area (Å²) in [4.78, 5) is 13.3. The number of fused-ring (bicyclic) bond motifs is 1. The Morgan fingerprint density at radius 3 is 2.68 bits per heavy atom. The Morgan fingerprint density at radius 2 is 2.00 bits per heavy atom. The molecule has 0 radical (unpaired) electrons. The van der Waals surface area contributed by atoms with Crippen molar-refractivity contribution in [3.63, 3.8) is 0 Å². The van der Waals surface area contributed by atoms with Gasteiger partial charge in [0.05, 0.1) is 36.6 Å². The van der Waals surface area contributed by atoms with Gasteiger partial charge in [-0.1, -0.05) is 12.0 Å². The van der Waals surface area contributed by atoms with Crippen LogP contribution in [0.5, 0.6) is 5.75 Å². The molecule has 1 aromatic heterocycles. The Kier molecular flexibility index (Phi) is 8.02. The number of benzene rings is 2. The van der Waals surface area contributed by atoms with Gasteiger partial charge in [0, 0.05) is 29.7 Å². The third-order valence-corrected chi connectivity index (χ3v) is 6.44. The van der Waals surface area contributed by atoms with Crippen LogP contribution >= 0.6 is 0 Å². The first kappa shape index (κ1) is 27.1. The second-order valence-electron chi connectivity index (χ2n) is 9.22. The van der Waals surface area contributed by atoms with Crippen LogP contribution in [0.25, 0.3) is 10.9 Å². The predicted molar refractivity (Wildman–Crippen MR) is 139 cm³/mol. The van der Waals surface area contributed by atoms with Gasteiger partial charge in [-0.3, -0.25) is 4.79 Å². The summed E-state index contributed by atoms with van der Waals surface area (Å²) in [7, 11) is 3.29. The van der Waals surface area contributed by atoms with Crippen LogP contribution in [0.1, 0.15) is 22.5 Å². The summed E-state index contributed by atoms with van der Waals surface area (Å²) in [6, 6.07) is 10.8. The van der Waals surface area contributed by atoms with Gasteiger partial charge in [0.15, 0.2) is 0 Å². The summed E-state index contributed by atoms with van der Waals surface area (Å²) in [5, 5.41) is 6.79. The maximum Gasteiger partial charge on any atom is 0.406 e. The lowest BCUT2D eigenvalue weighted by Crippen LogP contribution is -2.46. The highest BCUT2D eigenvalue weighted by Gasteiger charge is 2.31. The molecule has 1 aliphatic rings. The van der Waals surface area contributed by atoms with Gasteiger partial charge >= 0.3 is 6.18 Å². The molecule has 1 fully saturated rings. The van der Waals surface area contributed by atoms with Crippen LogP contribution in [0.3, 0.4) is 0 Å². The minimum atomic E-state index is -4.46. The van der Waals surface area contributed by atoms with E-state index in [1.165, 1.54) is 19.2 Å².